The zero-order valence-electron chi connectivity index (χ0n) is 11.6. The van der Waals surface area contributed by atoms with Crippen molar-refractivity contribution in [2.24, 2.45) is 5.92 Å². The van der Waals surface area contributed by atoms with Crippen LogP contribution in [0.25, 0.3) is 0 Å². The van der Waals surface area contributed by atoms with Gasteiger partial charge in [-0.25, -0.2) is 0 Å². The lowest BCUT2D eigenvalue weighted by molar-refractivity contribution is -0.0198. The van der Waals surface area contributed by atoms with Crippen molar-refractivity contribution in [1.82, 2.24) is 4.90 Å². The lowest BCUT2D eigenvalue weighted by Gasteiger charge is -2.46. The molecule has 1 heterocycles. The van der Waals surface area contributed by atoms with E-state index in [2.05, 4.69) is 18.7 Å². The molecule has 4 unspecified atom stereocenters. The summed E-state index contributed by atoms with van der Waals surface area (Å²) in [6.07, 6.45) is 10.1. The Bertz CT molecular complexity index is 219. The van der Waals surface area contributed by atoms with Gasteiger partial charge in [-0.1, -0.05) is 26.2 Å². The number of hydrogen-bond acceptors (Lipinski definition) is 2. The van der Waals surface area contributed by atoms with Gasteiger partial charge in [0.25, 0.3) is 0 Å². The maximum Gasteiger partial charge on any atom is 0.0583 e. The van der Waals surface area contributed by atoms with Crippen LogP contribution in [0.5, 0.6) is 0 Å². The SMILES string of the molecule is CCC(C)N1CCCCC1C1CCCCC1O. The molecule has 1 aliphatic carbocycles. The van der Waals surface area contributed by atoms with E-state index in [0.717, 1.165) is 6.42 Å². The first kappa shape index (κ1) is 13.4. The first-order valence-corrected chi connectivity index (χ1v) is 7.67. The highest BCUT2D eigenvalue weighted by Crippen LogP contribution is 2.35. The van der Waals surface area contributed by atoms with E-state index in [1.807, 2.05) is 0 Å². The van der Waals surface area contributed by atoms with E-state index in [1.54, 1.807) is 0 Å². The first-order chi connectivity index (χ1) is 8.24. The molecule has 1 saturated heterocycles. The second kappa shape index (κ2) is 6.19. The molecule has 0 aromatic heterocycles. The zero-order chi connectivity index (χ0) is 12.3. The quantitative estimate of drug-likeness (QED) is 0.817. The van der Waals surface area contributed by atoms with Gasteiger partial charge in [0.1, 0.15) is 0 Å². The fourth-order valence-electron chi connectivity index (χ4n) is 3.81. The molecule has 2 fully saturated rings. The van der Waals surface area contributed by atoms with Crippen molar-refractivity contribution in [2.75, 3.05) is 6.54 Å². The van der Waals surface area contributed by atoms with Gasteiger partial charge in [-0.3, -0.25) is 4.90 Å². The molecular weight excluding hydrogens is 210 g/mol. The van der Waals surface area contributed by atoms with Crippen LogP contribution in [0.1, 0.15) is 65.2 Å². The van der Waals surface area contributed by atoms with Gasteiger partial charge in [0.2, 0.25) is 0 Å². The van der Waals surface area contributed by atoms with E-state index in [1.165, 1.54) is 51.5 Å². The Morgan fingerprint density at radius 1 is 1.12 bits per heavy atom. The maximum absolute atomic E-state index is 10.3. The molecule has 0 amide bonds. The van der Waals surface area contributed by atoms with Gasteiger partial charge in [0.15, 0.2) is 0 Å². The van der Waals surface area contributed by atoms with E-state index < -0.39 is 0 Å². The van der Waals surface area contributed by atoms with Crippen LogP contribution >= 0.6 is 0 Å². The molecule has 1 saturated carbocycles. The van der Waals surface area contributed by atoms with Crippen LogP contribution in [0.2, 0.25) is 0 Å². The molecule has 4 atom stereocenters. The summed E-state index contributed by atoms with van der Waals surface area (Å²) >= 11 is 0. The monoisotopic (exact) mass is 239 g/mol. The maximum atomic E-state index is 10.3. The smallest absolute Gasteiger partial charge is 0.0583 e. The Balaban J connectivity index is 2.04. The van der Waals surface area contributed by atoms with Gasteiger partial charge in [0, 0.05) is 18.0 Å². The lowest BCUT2D eigenvalue weighted by atomic mass is 9.77. The van der Waals surface area contributed by atoms with Crippen molar-refractivity contribution in [3.8, 4) is 0 Å². The van der Waals surface area contributed by atoms with Gasteiger partial charge in [-0.05, 0) is 45.6 Å². The molecule has 0 spiro atoms. The predicted molar refractivity (Wildman–Crippen MR) is 72.1 cm³/mol. The fourth-order valence-corrected chi connectivity index (χ4v) is 3.81. The van der Waals surface area contributed by atoms with E-state index in [0.29, 0.717) is 18.0 Å². The second-order valence-electron chi connectivity index (χ2n) is 6.07. The third-order valence-corrected chi connectivity index (χ3v) is 5.02. The van der Waals surface area contributed by atoms with Crippen LogP contribution in [0.3, 0.4) is 0 Å². The number of aliphatic hydroxyl groups is 1. The van der Waals surface area contributed by atoms with E-state index in [4.69, 9.17) is 0 Å². The minimum absolute atomic E-state index is 0.0293. The normalized spacial score (nSPS) is 37.9. The molecule has 17 heavy (non-hydrogen) atoms. The van der Waals surface area contributed by atoms with Crippen molar-refractivity contribution >= 4 is 0 Å². The molecule has 2 nitrogen and oxygen atoms in total. The molecule has 0 bridgehead atoms. The Kier molecular flexibility index (Phi) is 4.87. The highest BCUT2D eigenvalue weighted by molar-refractivity contribution is 4.90. The number of hydrogen-bond donors (Lipinski definition) is 1. The third-order valence-electron chi connectivity index (χ3n) is 5.02. The average Bonchev–Trinajstić information content (AvgIpc) is 2.38. The zero-order valence-corrected chi connectivity index (χ0v) is 11.6. The van der Waals surface area contributed by atoms with E-state index in [9.17, 15) is 5.11 Å². The van der Waals surface area contributed by atoms with Gasteiger partial charge in [-0.2, -0.15) is 0 Å². The number of nitrogens with zero attached hydrogens (tertiary/aromatic N) is 1. The minimum Gasteiger partial charge on any atom is -0.393 e. The summed E-state index contributed by atoms with van der Waals surface area (Å²) in [5.74, 6) is 0.554. The van der Waals surface area contributed by atoms with Crippen molar-refractivity contribution in [2.45, 2.75) is 83.4 Å². The van der Waals surface area contributed by atoms with Gasteiger partial charge in [0.05, 0.1) is 6.10 Å². The molecule has 0 aromatic rings. The average molecular weight is 239 g/mol. The highest BCUT2D eigenvalue weighted by atomic mass is 16.3. The first-order valence-electron chi connectivity index (χ1n) is 7.67. The summed E-state index contributed by atoms with van der Waals surface area (Å²) in [5.41, 5.74) is 0. The summed E-state index contributed by atoms with van der Waals surface area (Å²) < 4.78 is 0. The number of aliphatic hydroxyl groups excluding tert-OH is 1. The highest BCUT2D eigenvalue weighted by Gasteiger charge is 2.36. The molecule has 0 aromatic carbocycles. The van der Waals surface area contributed by atoms with Gasteiger partial charge >= 0.3 is 0 Å². The molecule has 1 aliphatic heterocycles. The number of piperidine rings is 1. The molecule has 1 N–H and O–H groups in total. The summed E-state index contributed by atoms with van der Waals surface area (Å²) in [4.78, 5) is 2.70. The van der Waals surface area contributed by atoms with Crippen LogP contribution in [0.4, 0.5) is 0 Å². The molecule has 2 aliphatic rings. The molecular formula is C15H29NO. The van der Waals surface area contributed by atoms with Crippen molar-refractivity contribution in [1.29, 1.82) is 0 Å². The largest absolute Gasteiger partial charge is 0.393 e. The van der Waals surface area contributed by atoms with E-state index >= 15 is 0 Å². The van der Waals surface area contributed by atoms with E-state index in [-0.39, 0.29) is 6.10 Å². The number of rotatable bonds is 3. The van der Waals surface area contributed by atoms with Gasteiger partial charge in [-0.15, -0.1) is 0 Å². The van der Waals surface area contributed by atoms with Gasteiger partial charge < -0.3 is 5.11 Å². The van der Waals surface area contributed by atoms with Crippen molar-refractivity contribution in [3.05, 3.63) is 0 Å². The van der Waals surface area contributed by atoms with Crippen LogP contribution in [-0.2, 0) is 0 Å². The third kappa shape index (κ3) is 3.03. The standard InChI is InChI=1S/C15H29NO/c1-3-12(2)16-11-7-6-9-14(16)13-8-4-5-10-15(13)17/h12-15,17H,3-11H2,1-2H3. The molecule has 2 heteroatoms. The molecule has 0 radical (unpaired) electrons. The summed E-state index contributed by atoms with van der Waals surface area (Å²) in [6, 6.07) is 1.35. The molecule has 2 rings (SSSR count). The summed E-state index contributed by atoms with van der Waals surface area (Å²) in [7, 11) is 0. The second-order valence-corrected chi connectivity index (χ2v) is 6.07. The predicted octanol–water partition coefficient (Wildman–Crippen LogP) is 3.19. The Labute approximate surface area is 106 Å². The Morgan fingerprint density at radius 2 is 1.82 bits per heavy atom. The Morgan fingerprint density at radius 3 is 2.53 bits per heavy atom. The number of likely N-dealkylation sites (tertiary alicyclic amines) is 1. The van der Waals surface area contributed by atoms with Crippen LogP contribution < -0.4 is 0 Å². The van der Waals surface area contributed by atoms with Crippen LogP contribution in [-0.4, -0.2) is 34.7 Å². The lowest BCUT2D eigenvalue weighted by Crippen LogP contribution is -2.51. The Hall–Kier alpha value is -0.0800. The topological polar surface area (TPSA) is 23.5 Å². The minimum atomic E-state index is -0.0293. The van der Waals surface area contributed by atoms with Crippen molar-refractivity contribution in [3.63, 3.8) is 0 Å². The van der Waals surface area contributed by atoms with Crippen molar-refractivity contribution < 1.29 is 5.11 Å². The fraction of sp³-hybridized carbons (Fsp3) is 1.00. The molecule has 100 valence electrons. The van der Waals surface area contributed by atoms with Crippen LogP contribution in [0.15, 0.2) is 0 Å². The van der Waals surface area contributed by atoms with Crippen LogP contribution in [0, 0.1) is 5.92 Å². The summed E-state index contributed by atoms with van der Waals surface area (Å²) in [5, 5.41) is 10.3. The summed E-state index contributed by atoms with van der Waals surface area (Å²) in [6.45, 7) is 5.89.